The molecule has 4 nitrogen and oxygen atoms in total. The van der Waals surface area contributed by atoms with Gasteiger partial charge < -0.3 is 4.74 Å². The average molecular weight is 257 g/mol. The number of nitrogens with zero attached hydrogens (tertiary/aromatic N) is 3. The molecule has 0 radical (unpaired) electrons. The van der Waals surface area contributed by atoms with E-state index in [2.05, 4.69) is 10.2 Å². The Morgan fingerprint density at radius 3 is 2.63 bits per heavy atom. The molecule has 0 N–H and O–H groups in total. The molecule has 3 aromatic rings. The first kappa shape index (κ1) is 11.6. The predicted molar refractivity (Wildman–Crippen MR) is 68.7 cm³/mol. The fraction of sp³-hybridized carbons (Fsp3) is 0.143. The fourth-order valence-corrected chi connectivity index (χ4v) is 2.03. The van der Waals surface area contributed by atoms with Gasteiger partial charge in [-0.05, 0) is 29.8 Å². The molecule has 3 rings (SSSR count). The van der Waals surface area contributed by atoms with Gasteiger partial charge in [-0.15, -0.1) is 10.2 Å². The summed E-state index contributed by atoms with van der Waals surface area (Å²) in [6.07, 6.45) is 0.571. The van der Waals surface area contributed by atoms with Crippen LogP contribution in [0.4, 0.5) is 4.39 Å². The van der Waals surface area contributed by atoms with Crippen LogP contribution in [0.5, 0.6) is 5.88 Å². The van der Waals surface area contributed by atoms with Crippen molar-refractivity contribution in [3.8, 4) is 5.88 Å². The van der Waals surface area contributed by atoms with Crippen LogP contribution < -0.4 is 4.74 Å². The van der Waals surface area contributed by atoms with Crippen molar-refractivity contribution in [3.05, 3.63) is 59.7 Å². The van der Waals surface area contributed by atoms with Crippen molar-refractivity contribution in [2.24, 2.45) is 0 Å². The Morgan fingerprint density at radius 1 is 1.11 bits per heavy atom. The number of methoxy groups -OCH3 is 1. The lowest BCUT2D eigenvalue weighted by Crippen LogP contribution is -2.00. The minimum atomic E-state index is -0.243. The van der Waals surface area contributed by atoms with Gasteiger partial charge in [0, 0.05) is 6.42 Å². The average Bonchev–Trinajstić information content (AvgIpc) is 2.85. The van der Waals surface area contributed by atoms with E-state index in [9.17, 15) is 4.39 Å². The maximum absolute atomic E-state index is 12.9. The molecule has 0 spiro atoms. The maximum atomic E-state index is 12.9. The predicted octanol–water partition coefficient (Wildman–Crippen LogP) is 2.47. The summed E-state index contributed by atoms with van der Waals surface area (Å²) in [7, 11) is 1.61. The molecule has 0 aliphatic carbocycles. The molecular formula is C14H12FN3O. The smallest absolute Gasteiger partial charge is 0.200 e. The van der Waals surface area contributed by atoms with Crippen LogP contribution in [0.2, 0.25) is 0 Å². The van der Waals surface area contributed by atoms with E-state index in [0.29, 0.717) is 12.3 Å². The molecule has 96 valence electrons. The Hall–Kier alpha value is -2.43. The third-order valence-electron chi connectivity index (χ3n) is 2.94. The second kappa shape index (κ2) is 4.68. The highest BCUT2D eigenvalue weighted by Crippen LogP contribution is 2.17. The van der Waals surface area contributed by atoms with Crippen LogP contribution in [0.25, 0.3) is 5.65 Å². The van der Waals surface area contributed by atoms with Crippen molar-refractivity contribution in [2.45, 2.75) is 6.42 Å². The SMILES string of the molecule is COc1cccc2nnc(Cc3ccc(F)cc3)n12. The van der Waals surface area contributed by atoms with Gasteiger partial charge in [-0.3, -0.25) is 0 Å². The lowest BCUT2D eigenvalue weighted by Gasteiger charge is -2.06. The molecule has 0 aliphatic rings. The van der Waals surface area contributed by atoms with Crippen molar-refractivity contribution in [3.63, 3.8) is 0 Å². The van der Waals surface area contributed by atoms with Crippen LogP contribution in [0.1, 0.15) is 11.4 Å². The second-order valence-electron chi connectivity index (χ2n) is 4.18. The van der Waals surface area contributed by atoms with Crippen LogP contribution in [0, 0.1) is 5.82 Å². The molecule has 0 atom stereocenters. The second-order valence-corrected chi connectivity index (χ2v) is 4.18. The first-order chi connectivity index (χ1) is 9.28. The normalized spacial score (nSPS) is 10.8. The van der Waals surface area contributed by atoms with Gasteiger partial charge in [-0.2, -0.15) is 0 Å². The molecule has 2 heterocycles. The van der Waals surface area contributed by atoms with Crippen molar-refractivity contribution >= 4 is 5.65 Å². The lowest BCUT2D eigenvalue weighted by atomic mass is 10.1. The number of aromatic nitrogens is 3. The van der Waals surface area contributed by atoms with Crippen molar-refractivity contribution < 1.29 is 9.13 Å². The quantitative estimate of drug-likeness (QED) is 0.723. The number of hydrogen-bond acceptors (Lipinski definition) is 3. The molecule has 1 aromatic carbocycles. The molecule has 0 bridgehead atoms. The van der Waals surface area contributed by atoms with Crippen LogP contribution >= 0.6 is 0 Å². The van der Waals surface area contributed by atoms with Crippen LogP contribution in [0.3, 0.4) is 0 Å². The highest BCUT2D eigenvalue weighted by atomic mass is 19.1. The van der Waals surface area contributed by atoms with Gasteiger partial charge >= 0.3 is 0 Å². The molecule has 19 heavy (non-hydrogen) atoms. The molecule has 0 aliphatic heterocycles. The molecule has 0 fully saturated rings. The maximum Gasteiger partial charge on any atom is 0.200 e. The first-order valence-corrected chi connectivity index (χ1v) is 5.89. The van der Waals surface area contributed by atoms with Crippen molar-refractivity contribution in [1.82, 2.24) is 14.6 Å². The lowest BCUT2D eigenvalue weighted by molar-refractivity contribution is 0.390. The first-order valence-electron chi connectivity index (χ1n) is 5.89. The Kier molecular flexibility index (Phi) is 2.87. The van der Waals surface area contributed by atoms with Gasteiger partial charge in [0.05, 0.1) is 7.11 Å². The Balaban J connectivity index is 2.03. The number of hydrogen-bond donors (Lipinski definition) is 0. The molecule has 0 saturated heterocycles. The van der Waals surface area contributed by atoms with E-state index in [0.717, 1.165) is 17.0 Å². The van der Waals surface area contributed by atoms with Crippen molar-refractivity contribution in [1.29, 1.82) is 0 Å². The monoisotopic (exact) mass is 257 g/mol. The summed E-state index contributed by atoms with van der Waals surface area (Å²) in [6.45, 7) is 0. The Labute approximate surface area is 109 Å². The summed E-state index contributed by atoms with van der Waals surface area (Å²) in [5, 5.41) is 8.26. The number of pyridine rings is 1. The third kappa shape index (κ3) is 2.14. The Bertz CT molecular complexity index is 706. The summed E-state index contributed by atoms with van der Waals surface area (Å²) in [6, 6.07) is 11.9. The summed E-state index contributed by atoms with van der Waals surface area (Å²) in [5.74, 6) is 1.20. The van der Waals surface area contributed by atoms with Gasteiger partial charge in [0.15, 0.2) is 5.65 Å². The van der Waals surface area contributed by atoms with Gasteiger partial charge in [0.2, 0.25) is 5.88 Å². The van der Waals surface area contributed by atoms with E-state index in [1.54, 1.807) is 19.2 Å². The highest BCUT2D eigenvalue weighted by molar-refractivity contribution is 5.42. The van der Waals surface area contributed by atoms with Crippen LogP contribution in [0.15, 0.2) is 42.5 Å². The third-order valence-corrected chi connectivity index (χ3v) is 2.94. The van der Waals surface area contributed by atoms with E-state index >= 15 is 0 Å². The highest BCUT2D eigenvalue weighted by Gasteiger charge is 2.10. The van der Waals surface area contributed by atoms with E-state index in [-0.39, 0.29) is 5.82 Å². The molecular weight excluding hydrogens is 245 g/mol. The number of halogens is 1. The molecule has 2 aromatic heterocycles. The summed E-state index contributed by atoms with van der Waals surface area (Å²) in [5.41, 5.74) is 1.71. The van der Waals surface area contributed by atoms with Crippen LogP contribution in [-0.4, -0.2) is 21.7 Å². The van der Waals surface area contributed by atoms with E-state index in [1.165, 1.54) is 12.1 Å². The minimum Gasteiger partial charge on any atom is -0.482 e. The zero-order valence-electron chi connectivity index (χ0n) is 10.4. The summed E-state index contributed by atoms with van der Waals surface area (Å²) in [4.78, 5) is 0. The molecule has 5 heteroatoms. The fourth-order valence-electron chi connectivity index (χ4n) is 2.03. The van der Waals surface area contributed by atoms with Gasteiger partial charge in [0.1, 0.15) is 11.6 Å². The number of benzene rings is 1. The molecule has 0 unspecified atom stereocenters. The van der Waals surface area contributed by atoms with Crippen molar-refractivity contribution in [2.75, 3.05) is 7.11 Å². The largest absolute Gasteiger partial charge is 0.482 e. The van der Waals surface area contributed by atoms with Gasteiger partial charge in [-0.25, -0.2) is 8.79 Å². The van der Waals surface area contributed by atoms with E-state index in [1.807, 2.05) is 22.6 Å². The number of ether oxygens (including phenoxy) is 1. The van der Waals surface area contributed by atoms with E-state index in [4.69, 9.17) is 4.74 Å². The molecule has 0 saturated carbocycles. The zero-order valence-corrected chi connectivity index (χ0v) is 10.4. The van der Waals surface area contributed by atoms with Crippen LogP contribution in [-0.2, 0) is 6.42 Å². The summed E-state index contributed by atoms with van der Waals surface area (Å²) < 4.78 is 20.0. The zero-order chi connectivity index (χ0) is 13.2. The summed E-state index contributed by atoms with van der Waals surface area (Å²) >= 11 is 0. The van der Waals surface area contributed by atoms with E-state index < -0.39 is 0 Å². The molecule has 0 amide bonds. The Morgan fingerprint density at radius 2 is 1.89 bits per heavy atom. The number of fused-ring (bicyclic) bond motifs is 1. The minimum absolute atomic E-state index is 0.243. The topological polar surface area (TPSA) is 39.4 Å². The van der Waals surface area contributed by atoms with Gasteiger partial charge in [-0.1, -0.05) is 18.2 Å². The number of rotatable bonds is 3. The standard InChI is InChI=1S/C14H12FN3O/c1-19-14-4-2-3-12-16-17-13(18(12)14)9-10-5-7-11(15)8-6-10/h2-8H,9H2,1H3. The van der Waals surface area contributed by atoms with Gasteiger partial charge in [0.25, 0.3) is 0 Å².